The molecule has 0 heterocycles. The summed E-state index contributed by atoms with van der Waals surface area (Å²) in [5.74, 6) is -3.51. The summed E-state index contributed by atoms with van der Waals surface area (Å²) in [5, 5.41) is 0. The van der Waals surface area contributed by atoms with Crippen molar-refractivity contribution in [3.8, 4) is 0 Å². The van der Waals surface area contributed by atoms with Crippen molar-refractivity contribution >= 4 is 47.8 Å². The molecular weight excluding hydrogens is 837 g/mol. The van der Waals surface area contributed by atoms with Crippen LogP contribution < -0.4 is 11.5 Å². The Labute approximate surface area is 258 Å². The fourth-order valence-electron chi connectivity index (χ4n) is 3.48. The van der Waals surface area contributed by atoms with E-state index in [1.165, 1.54) is 65.5 Å². The Kier molecular flexibility index (Phi) is 19.1. The molecular formula is C26H47FmN10O8-. The van der Waals surface area contributed by atoms with Crippen LogP contribution in [-0.2, 0) is 38.4 Å². The summed E-state index contributed by atoms with van der Waals surface area (Å²) >= 11 is 0. The predicted octanol–water partition coefficient (Wildman–Crippen LogP) is -5.52. The van der Waals surface area contributed by atoms with E-state index in [0.29, 0.717) is 13.1 Å². The van der Waals surface area contributed by atoms with Gasteiger partial charge in [-0.05, 0) is 7.05 Å². The molecule has 0 unspecified atom stereocenters. The monoisotopic (exact) mass is 884 g/mol. The quantitative estimate of drug-likeness (QED) is 0.0928. The van der Waals surface area contributed by atoms with Crippen molar-refractivity contribution in [3.05, 3.63) is 0 Å². The van der Waals surface area contributed by atoms with Gasteiger partial charge in [-0.15, -0.1) is 0 Å². The molecule has 19 heteroatoms. The molecule has 0 aliphatic rings. The average Bonchev–Trinajstić information content (AvgIpc) is 2.96. The maximum Gasteiger partial charge on any atom is 0.242 e. The zero-order valence-electron chi connectivity index (χ0n) is 27.1. The first kappa shape index (κ1) is 41.8. The van der Waals surface area contributed by atoms with Gasteiger partial charge in [0.05, 0.1) is 45.8 Å². The molecule has 0 aromatic carbocycles. The summed E-state index contributed by atoms with van der Waals surface area (Å²) in [4.78, 5) is 107. The third-order valence-electron chi connectivity index (χ3n) is 6.47. The third kappa shape index (κ3) is 15.1. The molecule has 0 aliphatic carbocycles. The van der Waals surface area contributed by atoms with E-state index in [0.717, 1.165) is 29.4 Å². The number of nitrogens with two attached hydrogens (primary N) is 2. The first-order valence-corrected chi connectivity index (χ1v) is 13.7. The molecule has 0 bridgehead atoms. The summed E-state index contributed by atoms with van der Waals surface area (Å²) in [6, 6.07) is 0. The Hall–Kier alpha value is -5.32. The standard InChI is InChI=1S/C26H47N10O8.Fm/c1-29(19-37)12-20(38)30(2)13-21(39)31(3)14-22(40)32(4)15-23(41)33(5)16-24(42)34(6)17-25(43)35(7)18-26(44)36(10-8-27)11-9-28;/h8-18,27-28H2,1-7H3;/q-1;. The fraction of sp³-hybridized carbons (Fsp3) is 0.692. The smallest absolute Gasteiger partial charge is 0.242 e. The van der Waals surface area contributed by atoms with Crippen LogP contribution in [0.25, 0.3) is 0 Å². The number of rotatable bonds is 19. The van der Waals surface area contributed by atoms with Crippen LogP contribution in [0, 0.1) is 0 Å². The predicted molar refractivity (Wildman–Crippen MR) is 159 cm³/mol. The van der Waals surface area contributed by atoms with Gasteiger partial charge in [0, 0.05) is 68.5 Å². The van der Waals surface area contributed by atoms with Gasteiger partial charge in [-0.1, -0.05) is 0 Å². The van der Waals surface area contributed by atoms with Gasteiger partial charge in [0.1, 0.15) is 0 Å². The minimum atomic E-state index is -0.563. The van der Waals surface area contributed by atoms with Crippen LogP contribution in [0.1, 0.15) is 0 Å². The summed E-state index contributed by atoms with van der Waals surface area (Å²) < 4.78 is 0. The van der Waals surface area contributed by atoms with Crippen LogP contribution >= 0.6 is 0 Å². The van der Waals surface area contributed by atoms with Crippen LogP contribution in [0.2, 0.25) is 0 Å². The Bertz CT molecular complexity index is 1040. The third-order valence-corrected chi connectivity index (χ3v) is 6.47. The Morgan fingerprint density at radius 3 is 0.889 bits per heavy atom. The van der Waals surface area contributed by atoms with Crippen LogP contribution in [0.3, 0.4) is 0 Å². The second-order valence-electron chi connectivity index (χ2n) is 10.4. The normalized spacial score (nSPS) is 10.1. The van der Waals surface area contributed by atoms with Crippen molar-refractivity contribution in [2.45, 2.75) is 0 Å². The van der Waals surface area contributed by atoms with Crippen LogP contribution in [0.5, 0.6) is 0 Å². The molecule has 262 valence electrons. The van der Waals surface area contributed by atoms with E-state index < -0.39 is 35.4 Å². The van der Waals surface area contributed by atoms with Gasteiger partial charge >= 0.3 is 0 Å². The topological polar surface area (TPSA) is 215 Å². The molecule has 0 saturated carbocycles. The number of carbonyl (C=O) groups excluding carboxylic acids is 8. The summed E-state index contributed by atoms with van der Waals surface area (Å²) in [5.41, 5.74) is 11.0. The molecule has 4 N–H and O–H groups in total. The van der Waals surface area contributed by atoms with Gasteiger partial charge in [0.15, 0.2) is 0 Å². The molecule has 8 amide bonds. The molecule has 0 atom stereocenters. The molecule has 0 aromatic rings. The van der Waals surface area contributed by atoms with Crippen molar-refractivity contribution in [1.29, 1.82) is 0 Å². The number of hydrogen-bond acceptors (Lipinski definition) is 10. The van der Waals surface area contributed by atoms with Crippen molar-refractivity contribution in [1.82, 2.24) is 39.2 Å². The molecule has 0 aliphatic heterocycles. The Balaban J connectivity index is 0. The van der Waals surface area contributed by atoms with Crippen molar-refractivity contribution in [2.24, 2.45) is 11.5 Å². The zero-order valence-corrected chi connectivity index (χ0v) is 29.5. The van der Waals surface area contributed by atoms with E-state index in [1.807, 2.05) is 0 Å². The van der Waals surface area contributed by atoms with Gasteiger partial charge in [-0.3, -0.25) is 33.6 Å². The van der Waals surface area contributed by atoms with E-state index in [1.54, 1.807) is 0 Å². The van der Waals surface area contributed by atoms with Gasteiger partial charge in [-0.2, -0.15) is 6.41 Å². The number of likely N-dealkylation sites (N-methyl/N-ethyl adjacent to an activating group) is 7. The van der Waals surface area contributed by atoms with E-state index in [-0.39, 0.29) is 64.8 Å². The van der Waals surface area contributed by atoms with Gasteiger partial charge in [0.25, 0.3) is 0 Å². The minimum Gasteiger partial charge on any atom is -0.520 e. The molecule has 45 heavy (non-hydrogen) atoms. The SMILES string of the molecule is CN([C-]=O)CC(=O)N(C)CC(=O)N(C)CC(=O)N(C)CC(=O)N(C)CC(=O)N(C)CC(=O)N(C)CC(=O)N(CCN)CCN.[Fm]. The number of amides is 8. The molecule has 0 rings (SSSR count). The van der Waals surface area contributed by atoms with Gasteiger partial charge in [0.2, 0.25) is 41.4 Å². The zero-order chi connectivity index (χ0) is 34.1. The number of nitrogens with zero attached hydrogens (tertiary/aromatic N) is 8. The van der Waals surface area contributed by atoms with Crippen LogP contribution in [0.4, 0.5) is 0 Å². The van der Waals surface area contributed by atoms with Crippen LogP contribution in [-0.4, -0.2) is 208 Å². The van der Waals surface area contributed by atoms with Crippen LogP contribution in [0.15, 0.2) is 0 Å². The van der Waals surface area contributed by atoms with Gasteiger partial charge < -0.3 is 55.5 Å². The maximum atomic E-state index is 12.7. The Morgan fingerprint density at radius 2 is 0.667 bits per heavy atom. The first-order valence-electron chi connectivity index (χ1n) is 13.7. The van der Waals surface area contributed by atoms with E-state index in [4.69, 9.17) is 11.5 Å². The molecule has 18 nitrogen and oxygen atoms in total. The first-order chi connectivity index (χ1) is 20.5. The summed E-state index contributed by atoms with van der Waals surface area (Å²) in [6.45, 7) is -1.16. The van der Waals surface area contributed by atoms with E-state index in [9.17, 15) is 38.4 Å². The second-order valence-corrected chi connectivity index (χ2v) is 10.4. The van der Waals surface area contributed by atoms with Crippen molar-refractivity contribution in [2.75, 3.05) is 121 Å². The average molecular weight is 885 g/mol. The number of hydrogen-bond donors (Lipinski definition) is 2. The van der Waals surface area contributed by atoms with E-state index in [2.05, 4.69) is 0 Å². The largest absolute Gasteiger partial charge is 0.520 e. The Morgan fingerprint density at radius 1 is 0.444 bits per heavy atom. The van der Waals surface area contributed by atoms with Crippen molar-refractivity contribution < 1.29 is 38.4 Å². The fourth-order valence-corrected chi connectivity index (χ4v) is 3.48. The second kappa shape index (κ2) is 20.6. The van der Waals surface area contributed by atoms with Crippen molar-refractivity contribution in [3.63, 3.8) is 0 Å². The summed E-state index contributed by atoms with van der Waals surface area (Å²) in [6.07, 6.45) is 1.54. The van der Waals surface area contributed by atoms with E-state index >= 15 is 0 Å². The molecule has 0 saturated heterocycles. The van der Waals surface area contributed by atoms with Gasteiger partial charge in [-0.25, -0.2) is 0 Å². The number of carbonyl (C=O) groups is 7. The molecule has 0 spiro atoms. The maximum absolute atomic E-state index is 12.7. The summed E-state index contributed by atoms with van der Waals surface area (Å²) in [7, 11) is 9.65. The molecule has 0 radical (unpaired) electrons. The molecule has 0 aromatic heterocycles. The minimum absolute atomic E-state index is 0. The molecule has 0 fully saturated rings.